The maximum absolute atomic E-state index is 12.7. The van der Waals surface area contributed by atoms with Crippen molar-refractivity contribution in [1.29, 1.82) is 0 Å². The van der Waals surface area contributed by atoms with E-state index in [1.165, 1.54) is 0 Å². The summed E-state index contributed by atoms with van der Waals surface area (Å²) in [5, 5.41) is 21.4. The molecule has 0 radical (unpaired) electrons. The maximum Gasteiger partial charge on any atom is 0.335 e. The van der Waals surface area contributed by atoms with E-state index in [9.17, 15) is 29.4 Å². The average molecular weight is 368 g/mol. The minimum absolute atomic E-state index is 0.0728. The monoisotopic (exact) mass is 368 g/mol. The number of amides is 2. The molecule has 0 bridgehead atoms. The molecule has 1 heterocycles. The highest BCUT2D eigenvalue weighted by Gasteiger charge is 2.40. The van der Waals surface area contributed by atoms with Gasteiger partial charge in [0.25, 0.3) is 5.91 Å². The zero-order chi connectivity index (χ0) is 19.7. The Hall–Kier alpha value is -3.68. The van der Waals surface area contributed by atoms with E-state index in [-0.39, 0.29) is 23.2 Å². The molecule has 1 saturated heterocycles. The zero-order valence-electron chi connectivity index (χ0n) is 14.3. The Bertz CT molecular complexity index is 936. The van der Waals surface area contributed by atoms with Crippen molar-refractivity contribution >= 4 is 35.1 Å². The maximum atomic E-state index is 12.7. The van der Waals surface area contributed by atoms with Gasteiger partial charge in [-0.05, 0) is 36.8 Å². The van der Waals surface area contributed by atoms with Crippen LogP contribution in [-0.2, 0) is 9.59 Å². The topological polar surface area (TPSA) is 124 Å². The zero-order valence-corrected chi connectivity index (χ0v) is 14.3. The predicted octanol–water partition coefficient (Wildman–Crippen LogP) is 2.14. The first kappa shape index (κ1) is 18.1. The van der Waals surface area contributed by atoms with Gasteiger partial charge in [-0.1, -0.05) is 18.2 Å². The first-order valence-corrected chi connectivity index (χ1v) is 8.08. The summed E-state index contributed by atoms with van der Waals surface area (Å²) in [7, 11) is 0. The van der Waals surface area contributed by atoms with Crippen molar-refractivity contribution in [1.82, 2.24) is 0 Å². The molecule has 8 heteroatoms. The molecular formula is C19H16N2O6. The van der Waals surface area contributed by atoms with E-state index in [1.54, 1.807) is 12.1 Å². The number of rotatable bonds is 5. The minimum atomic E-state index is -1.35. The Morgan fingerprint density at radius 2 is 1.63 bits per heavy atom. The van der Waals surface area contributed by atoms with E-state index in [2.05, 4.69) is 5.32 Å². The second kappa shape index (κ2) is 6.91. The molecule has 0 aliphatic carbocycles. The lowest BCUT2D eigenvalue weighted by molar-refractivity contribution is -0.121. The van der Waals surface area contributed by atoms with Crippen molar-refractivity contribution in [3.8, 4) is 0 Å². The lowest BCUT2D eigenvalue weighted by Crippen LogP contribution is -2.35. The van der Waals surface area contributed by atoms with Crippen LogP contribution in [-0.4, -0.2) is 40.0 Å². The summed E-state index contributed by atoms with van der Waals surface area (Å²) in [5.74, 6) is -3.81. The molecule has 3 rings (SSSR count). The minimum Gasteiger partial charge on any atom is -0.478 e. The summed E-state index contributed by atoms with van der Waals surface area (Å²) in [6.45, 7) is 1.86. The van der Waals surface area contributed by atoms with Gasteiger partial charge in [0, 0.05) is 5.69 Å². The Morgan fingerprint density at radius 3 is 2.19 bits per heavy atom. The molecular weight excluding hydrogens is 352 g/mol. The van der Waals surface area contributed by atoms with E-state index >= 15 is 0 Å². The number of aromatic carboxylic acids is 2. The Kier molecular flexibility index (Phi) is 4.64. The summed E-state index contributed by atoms with van der Waals surface area (Å²) >= 11 is 0. The van der Waals surface area contributed by atoms with E-state index < -0.39 is 29.8 Å². The van der Waals surface area contributed by atoms with Crippen LogP contribution >= 0.6 is 0 Å². The number of benzene rings is 2. The number of nitrogens with zero attached hydrogens (tertiary/aromatic N) is 1. The predicted molar refractivity (Wildman–Crippen MR) is 96.1 cm³/mol. The van der Waals surface area contributed by atoms with Gasteiger partial charge in [0.15, 0.2) is 0 Å². The van der Waals surface area contributed by atoms with Gasteiger partial charge in [0.1, 0.15) is 6.04 Å². The highest BCUT2D eigenvalue weighted by Crippen LogP contribution is 2.28. The first-order valence-electron chi connectivity index (χ1n) is 8.08. The van der Waals surface area contributed by atoms with Crippen LogP contribution < -0.4 is 10.2 Å². The summed E-state index contributed by atoms with van der Waals surface area (Å²) in [5.41, 5.74) is 0.895. The van der Waals surface area contributed by atoms with Crippen LogP contribution in [0.5, 0.6) is 0 Å². The number of carbonyl (C=O) groups is 4. The molecule has 3 N–H and O–H groups in total. The molecule has 1 aliphatic heterocycles. The van der Waals surface area contributed by atoms with Crippen molar-refractivity contribution in [2.75, 3.05) is 10.2 Å². The van der Waals surface area contributed by atoms with E-state index in [1.807, 2.05) is 19.1 Å². The summed E-state index contributed by atoms with van der Waals surface area (Å²) in [6, 6.07) is 9.66. The van der Waals surface area contributed by atoms with Crippen LogP contribution in [0.2, 0.25) is 0 Å². The normalized spacial score (nSPS) is 16.5. The molecule has 0 aromatic heterocycles. The SMILES string of the molecule is Cc1ccccc1NC1CC(=O)N(c2cc(C(=O)O)cc(C(=O)O)c2)C1=O. The van der Waals surface area contributed by atoms with Crippen LogP contribution in [0.4, 0.5) is 11.4 Å². The number of para-hydroxylation sites is 1. The number of carboxylic acid groups (broad SMARTS) is 2. The summed E-state index contributed by atoms with van der Waals surface area (Å²) < 4.78 is 0. The van der Waals surface area contributed by atoms with Crippen LogP contribution in [0.15, 0.2) is 42.5 Å². The van der Waals surface area contributed by atoms with Crippen molar-refractivity contribution in [2.24, 2.45) is 0 Å². The van der Waals surface area contributed by atoms with Crippen LogP contribution in [0.1, 0.15) is 32.7 Å². The standard InChI is InChI=1S/C19H16N2O6/c1-10-4-2-3-5-14(10)20-15-9-16(22)21(17(15)23)13-7-11(18(24)25)6-12(8-13)19(26)27/h2-8,15,20H,9H2,1H3,(H,24,25)(H,26,27). The molecule has 0 saturated carbocycles. The van der Waals surface area contributed by atoms with Crippen LogP contribution in [0, 0.1) is 6.92 Å². The third-order valence-corrected chi connectivity index (χ3v) is 4.29. The van der Waals surface area contributed by atoms with Crippen LogP contribution in [0.3, 0.4) is 0 Å². The molecule has 27 heavy (non-hydrogen) atoms. The van der Waals surface area contributed by atoms with Crippen LogP contribution in [0.25, 0.3) is 0 Å². The molecule has 2 amide bonds. The number of carbonyl (C=O) groups excluding carboxylic acids is 2. The largest absolute Gasteiger partial charge is 0.478 e. The third-order valence-electron chi connectivity index (χ3n) is 4.29. The second-order valence-electron chi connectivity index (χ2n) is 6.16. The molecule has 138 valence electrons. The number of hydrogen-bond acceptors (Lipinski definition) is 5. The fourth-order valence-electron chi connectivity index (χ4n) is 2.93. The number of imide groups is 1. The Morgan fingerprint density at radius 1 is 1.04 bits per heavy atom. The van der Waals surface area contributed by atoms with Crippen molar-refractivity contribution < 1.29 is 29.4 Å². The number of anilines is 2. The molecule has 1 fully saturated rings. The molecule has 8 nitrogen and oxygen atoms in total. The van der Waals surface area contributed by atoms with Gasteiger partial charge in [-0.15, -0.1) is 0 Å². The van der Waals surface area contributed by atoms with Gasteiger partial charge in [-0.25, -0.2) is 14.5 Å². The quantitative estimate of drug-likeness (QED) is 0.691. The van der Waals surface area contributed by atoms with Gasteiger partial charge in [-0.3, -0.25) is 9.59 Å². The Balaban J connectivity index is 1.94. The molecule has 1 atom stereocenters. The summed E-state index contributed by atoms with van der Waals surface area (Å²) in [6.07, 6.45) is -0.118. The summed E-state index contributed by atoms with van der Waals surface area (Å²) in [4.78, 5) is 48.5. The fraction of sp³-hybridized carbons (Fsp3) is 0.158. The van der Waals surface area contributed by atoms with Crippen molar-refractivity contribution in [2.45, 2.75) is 19.4 Å². The average Bonchev–Trinajstić information content (AvgIpc) is 2.90. The highest BCUT2D eigenvalue weighted by atomic mass is 16.4. The van der Waals surface area contributed by atoms with Gasteiger partial charge in [0.05, 0.1) is 23.2 Å². The number of carboxylic acids is 2. The van der Waals surface area contributed by atoms with E-state index in [0.29, 0.717) is 5.69 Å². The van der Waals surface area contributed by atoms with Gasteiger partial charge in [0.2, 0.25) is 5.91 Å². The van der Waals surface area contributed by atoms with E-state index in [0.717, 1.165) is 28.7 Å². The Labute approximate surface area is 154 Å². The van der Waals surface area contributed by atoms with Crippen molar-refractivity contribution in [3.05, 3.63) is 59.2 Å². The molecule has 0 spiro atoms. The highest BCUT2D eigenvalue weighted by molar-refractivity contribution is 6.23. The van der Waals surface area contributed by atoms with Gasteiger partial charge >= 0.3 is 11.9 Å². The second-order valence-corrected chi connectivity index (χ2v) is 6.16. The van der Waals surface area contributed by atoms with E-state index in [4.69, 9.17) is 0 Å². The lowest BCUT2D eigenvalue weighted by atomic mass is 10.1. The third kappa shape index (κ3) is 3.50. The fourth-order valence-corrected chi connectivity index (χ4v) is 2.93. The van der Waals surface area contributed by atoms with Crippen molar-refractivity contribution in [3.63, 3.8) is 0 Å². The molecule has 1 unspecified atom stereocenters. The number of aryl methyl sites for hydroxylation is 1. The van der Waals surface area contributed by atoms with Gasteiger partial charge in [-0.2, -0.15) is 0 Å². The first-order chi connectivity index (χ1) is 12.8. The van der Waals surface area contributed by atoms with Gasteiger partial charge < -0.3 is 15.5 Å². The number of hydrogen-bond donors (Lipinski definition) is 3. The smallest absolute Gasteiger partial charge is 0.335 e. The lowest BCUT2D eigenvalue weighted by Gasteiger charge is -2.18. The number of nitrogens with one attached hydrogen (secondary N) is 1. The molecule has 2 aromatic rings. The molecule has 2 aromatic carbocycles. The molecule has 1 aliphatic rings.